The maximum absolute atomic E-state index is 12.3. The molecular weight excluding hydrogens is 304 g/mol. The van der Waals surface area contributed by atoms with Gasteiger partial charge in [0.2, 0.25) is 5.88 Å². The van der Waals surface area contributed by atoms with Crippen molar-refractivity contribution in [1.29, 1.82) is 5.26 Å². The van der Waals surface area contributed by atoms with Crippen LogP contribution in [0.5, 0.6) is 5.88 Å². The van der Waals surface area contributed by atoms with Crippen molar-refractivity contribution in [2.24, 2.45) is 0 Å². The molecule has 1 unspecified atom stereocenters. The minimum atomic E-state index is -0.248. The van der Waals surface area contributed by atoms with Crippen LogP contribution in [-0.4, -0.2) is 22.1 Å². The van der Waals surface area contributed by atoms with Crippen molar-refractivity contribution in [2.75, 3.05) is 11.4 Å². The van der Waals surface area contributed by atoms with E-state index in [1.807, 2.05) is 18.2 Å². The highest BCUT2D eigenvalue weighted by Gasteiger charge is 2.32. The number of piperidine rings is 1. The molecule has 24 heavy (non-hydrogen) atoms. The zero-order chi connectivity index (χ0) is 16.5. The summed E-state index contributed by atoms with van der Waals surface area (Å²) in [7, 11) is 0. The van der Waals surface area contributed by atoms with Crippen LogP contribution in [0.4, 0.5) is 5.82 Å². The second kappa shape index (κ2) is 6.00. The van der Waals surface area contributed by atoms with Crippen molar-refractivity contribution in [3.8, 4) is 11.9 Å². The molecule has 2 aliphatic heterocycles. The molecular formula is C18H18N4O2. The minimum Gasteiger partial charge on any atom is -0.473 e. The molecule has 0 radical (unpaired) electrons. The molecule has 0 N–H and O–H groups in total. The molecule has 1 atom stereocenters. The van der Waals surface area contributed by atoms with Gasteiger partial charge in [0.15, 0.2) is 0 Å². The summed E-state index contributed by atoms with van der Waals surface area (Å²) >= 11 is 0. The molecule has 1 aromatic heterocycles. The lowest BCUT2D eigenvalue weighted by Gasteiger charge is -2.30. The van der Waals surface area contributed by atoms with Crippen molar-refractivity contribution < 1.29 is 4.74 Å². The van der Waals surface area contributed by atoms with Crippen LogP contribution in [0.3, 0.4) is 0 Å². The Morgan fingerprint density at radius 3 is 3.12 bits per heavy atom. The number of fused-ring (bicyclic) bond motifs is 3. The molecule has 0 amide bonds. The molecule has 3 heterocycles. The standard InChI is InChI=1S/C18H18N4O2/c19-10-13-4-3-5-14(8-13)12-24-16-9-17-21-7-2-1-6-15(21)11-22(17)18(23)20-16/h3-5,8-9,15H,1-2,6-7,11-12H2. The summed E-state index contributed by atoms with van der Waals surface area (Å²) in [5.74, 6) is 1.26. The maximum Gasteiger partial charge on any atom is 0.352 e. The van der Waals surface area contributed by atoms with E-state index in [2.05, 4.69) is 16.0 Å². The lowest BCUT2D eigenvalue weighted by atomic mass is 10.0. The zero-order valence-corrected chi connectivity index (χ0v) is 13.3. The van der Waals surface area contributed by atoms with Crippen LogP contribution in [0, 0.1) is 11.3 Å². The molecule has 1 saturated heterocycles. The van der Waals surface area contributed by atoms with Crippen molar-refractivity contribution in [3.63, 3.8) is 0 Å². The van der Waals surface area contributed by atoms with Crippen molar-refractivity contribution in [2.45, 2.75) is 38.5 Å². The molecule has 122 valence electrons. The highest BCUT2D eigenvalue weighted by Crippen LogP contribution is 2.32. The molecule has 4 rings (SSSR count). The van der Waals surface area contributed by atoms with Gasteiger partial charge in [-0.25, -0.2) is 4.79 Å². The lowest BCUT2D eigenvalue weighted by molar-refractivity contribution is 0.291. The quantitative estimate of drug-likeness (QED) is 0.865. The van der Waals surface area contributed by atoms with Crippen LogP contribution in [0.25, 0.3) is 0 Å². The molecule has 2 aliphatic rings. The Morgan fingerprint density at radius 2 is 2.25 bits per heavy atom. The van der Waals surface area contributed by atoms with Gasteiger partial charge in [0.1, 0.15) is 12.4 Å². The van der Waals surface area contributed by atoms with E-state index >= 15 is 0 Å². The van der Waals surface area contributed by atoms with Gasteiger partial charge in [-0.15, -0.1) is 0 Å². The Bertz CT molecular complexity index is 868. The number of anilines is 1. The monoisotopic (exact) mass is 322 g/mol. The number of benzene rings is 1. The molecule has 0 saturated carbocycles. The first-order valence-corrected chi connectivity index (χ1v) is 8.25. The maximum atomic E-state index is 12.3. The molecule has 0 spiro atoms. The van der Waals surface area contributed by atoms with Gasteiger partial charge in [-0.2, -0.15) is 10.2 Å². The number of rotatable bonds is 3. The normalized spacial score (nSPS) is 18.6. The zero-order valence-electron chi connectivity index (χ0n) is 13.3. The Labute approximate surface area is 139 Å². The summed E-state index contributed by atoms with van der Waals surface area (Å²) in [5.41, 5.74) is 1.23. The van der Waals surface area contributed by atoms with Gasteiger partial charge < -0.3 is 9.64 Å². The van der Waals surface area contributed by atoms with Crippen LogP contribution in [0.1, 0.15) is 30.4 Å². The van der Waals surface area contributed by atoms with Crippen LogP contribution < -0.4 is 15.3 Å². The van der Waals surface area contributed by atoms with Gasteiger partial charge in [0.05, 0.1) is 11.6 Å². The lowest BCUT2D eigenvalue weighted by Crippen LogP contribution is -2.36. The first kappa shape index (κ1) is 14.8. The third kappa shape index (κ3) is 2.62. The number of hydrogen-bond acceptors (Lipinski definition) is 5. The van der Waals surface area contributed by atoms with Gasteiger partial charge in [-0.1, -0.05) is 12.1 Å². The SMILES string of the molecule is N#Cc1cccc(COc2cc3n(c(=O)n2)CC2CCCCN32)c1. The number of nitrogens with zero attached hydrogens (tertiary/aromatic N) is 4. The van der Waals surface area contributed by atoms with E-state index in [0.29, 0.717) is 17.5 Å². The molecule has 2 aromatic rings. The average Bonchev–Trinajstić information content (AvgIpc) is 3.00. The van der Waals surface area contributed by atoms with Crippen LogP contribution in [0.15, 0.2) is 35.1 Å². The van der Waals surface area contributed by atoms with Gasteiger partial charge in [0.25, 0.3) is 0 Å². The van der Waals surface area contributed by atoms with Gasteiger partial charge in [0, 0.05) is 25.2 Å². The Balaban J connectivity index is 1.56. The van der Waals surface area contributed by atoms with E-state index in [9.17, 15) is 4.79 Å². The van der Waals surface area contributed by atoms with Crippen LogP contribution >= 0.6 is 0 Å². The fourth-order valence-corrected chi connectivity index (χ4v) is 3.55. The van der Waals surface area contributed by atoms with E-state index in [1.54, 1.807) is 16.7 Å². The Morgan fingerprint density at radius 1 is 1.33 bits per heavy atom. The fourth-order valence-electron chi connectivity index (χ4n) is 3.55. The third-order valence-corrected chi connectivity index (χ3v) is 4.72. The Hall–Kier alpha value is -2.81. The molecule has 6 heteroatoms. The average molecular weight is 322 g/mol. The summed E-state index contributed by atoms with van der Waals surface area (Å²) in [6.07, 6.45) is 3.50. The predicted molar refractivity (Wildman–Crippen MR) is 89.0 cm³/mol. The smallest absolute Gasteiger partial charge is 0.352 e. The number of nitriles is 1. The minimum absolute atomic E-state index is 0.248. The highest BCUT2D eigenvalue weighted by molar-refractivity contribution is 5.47. The summed E-state index contributed by atoms with van der Waals surface area (Å²) in [6.45, 7) is 2.00. The van der Waals surface area contributed by atoms with Crippen LogP contribution in [0.2, 0.25) is 0 Å². The number of aromatic nitrogens is 2. The molecule has 0 bridgehead atoms. The molecule has 0 aliphatic carbocycles. The largest absolute Gasteiger partial charge is 0.473 e. The van der Waals surface area contributed by atoms with E-state index in [0.717, 1.165) is 37.3 Å². The van der Waals surface area contributed by atoms with Crippen molar-refractivity contribution in [3.05, 3.63) is 51.9 Å². The molecule has 1 aromatic carbocycles. The van der Waals surface area contributed by atoms with Gasteiger partial charge >= 0.3 is 5.69 Å². The van der Waals surface area contributed by atoms with E-state index in [4.69, 9.17) is 10.00 Å². The number of ether oxygens (including phenoxy) is 1. The summed E-state index contributed by atoms with van der Waals surface area (Å²) in [6, 6.07) is 11.6. The van der Waals surface area contributed by atoms with E-state index < -0.39 is 0 Å². The fraction of sp³-hybridized carbons (Fsp3) is 0.389. The summed E-state index contributed by atoms with van der Waals surface area (Å²) in [5, 5.41) is 8.95. The van der Waals surface area contributed by atoms with Crippen molar-refractivity contribution >= 4 is 5.82 Å². The topological polar surface area (TPSA) is 71.1 Å². The number of hydrogen-bond donors (Lipinski definition) is 0. The summed E-state index contributed by atoms with van der Waals surface area (Å²) in [4.78, 5) is 18.6. The molecule has 6 nitrogen and oxygen atoms in total. The summed E-state index contributed by atoms with van der Waals surface area (Å²) < 4.78 is 7.47. The first-order chi connectivity index (χ1) is 11.7. The predicted octanol–water partition coefficient (Wildman–Crippen LogP) is 2.07. The third-order valence-electron chi connectivity index (χ3n) is 4.72. The first-order valence-electron chi connectivity index (χ1n) is 8.25. The van der Waals surface area contributed by atoms with E-state index in [-0.39, 0.29) is 12.3 Å². The van der Waals surface area contributed by atoms with Gasteiger partial charge in [-0.05, 0) is 37.0 Å². The second-order valence-corrected chi connectivity index (χ2v) is 6.29. The van der Waals surface area contributed by atoms with Crippen LogP contribution in [-0.2, 0) is 13.2 Å². The second-order valence-electron chi connectivity index (χ2n) is 6.29. The Kier molecular flexibility index (Phi) is 3.69. The molecule has 1 fully saturated rings. The van der Waals surface area contributed by atoms with Gasteiger partial charge in [-0.3, -0.25) is 4.57 Å². The highest BCUT2D eigenvalue weighted by atomic mass is 16.5. The van der Waals surface area contributed by atoms with Crippen molar-refractivity contribution in [1.82, 2.24) is 9.55 Å². The van der Waals surface area contributed by atoms with E-state index in [1.165, 1.54) is 6.42 Å².